The molecule has 4 aromatic rings. The third-order valence-corrected chi connectivity index (χ3v) is 4.15. The molecule has 0 spiro atoms. The molecule has 2 aromatic heterocycles. The van der Waals surface area contributed by atoms with Gasteiger partial charge in [0.25, 0.3) is 0 Å². The van der Waals surface area contributed by atoms with E-state index in [0.717, 1.165) is 27.9 Å². The lowest BCUT2D eigenvalue weighted by Gasteiger charge is -2.14. The molecule has 0 radical (unpaired) electrons. The fourth-order valence-electron chi connectivity index (χ4n) is 2.96. The zero-order valence-electron chi connectivity index (χ0n) is 13.5. The van der Waals surface area contributed by atoms with E-state index >= 15 is 0 Å². The highest BCUT2D eigenvalue weighted by atomic mass is 19.1. The first-order chi connectivity index (χ1) is 12.3. The lowest BCUT2D eigenvalue weighted by atomic mass is 9.93. The predicted molar refractivity (Wildman–Crippen MR) is 96.4 cm³/mol. The van der Waals surface area contributed by atoms with Crippen LogP contribution in [-0.2, 0) is 6.54 Å². The summed E-state index contributed by atoms with van der Waals surface area (Å²) in [5.74, 6) is -0.233. The van der Waals surface area contributed by atoms with Crippen LogP contribution in [0.2, 0.25) is 0 Å². The van der Waals surface area contributed by atoms with Crippen molar-refractivity contribution < 1.29 is 4.39 Å². The maximum atomic E-state index is 13.3. The van der Waals surface area contributed by atoms with E-state index < -0.39 is 0 Å². The van der Waals surface area contributed by atoms with Gasteiger partial charge in [0, 0.05) is 24.2 Å². The van der Waals surface area contributed by atoms with Crippen LogP contribution in [0, 0.1) is 5.82 Å². The van der Waals surface area contributed by atoms with Crippen molar-refractivity contribution in [3.8, 4) is 22.3 Å². The second-order valence-electron chi connectivity index (χ2n) is 5.79. The van der Waals surface area contributed by atoms with Crippen molar-refractivity contribution in [2.75, 3.05) is 0 Å². The molecule has 0 unspecified atom stereocenters. The van der Waals surface area contributed by atoms with Crippen LogP contribution in [0.4, 0.5) is 4.39 Å². The molecule has 0 N–H and O–H groups in total. The molecule has 0 bridgehead atoms. The number of hydrogen-bond acceptors (Lipinski definition) is 2. The Bertz CT molecular complexity index is 976. The van der Waals surface area contributed by atoms with Crippen LogP contribution in [0.3, 0.4) is 0 Å². The van der Waals surface area contributed by atoms with Crippen molar-refractivity contribution >= 4 is 0 Å². The minimum absolute atomic E-state index is 0.233. The van der Waals surface area contributed by atoms with Crippen LogP contribution in [0.15, 0.2) is 85.6 Å². The van der Waals surface area contributed by atoms with Gasteiger partial charge in [-0.25, -0.2) is 9.37 Å². The Kier molecular flexibility index (Phi) is 4.09. The standard InChI is InChI=1S/C21H16FN3/c22-17-9-7-16(8-10-17)18-4-1-2-5-19(18)20-6-3-11-24-21(20)14-25-13-12-23-15-25/h1-13,15H,14H2. The summed E-state index contributed by atoms with van der Waals surface area (Å²) < 4.78 is 15.3. The minimum atomic E-state index is -0.233. The maximum absolute atomic E-state index is 13.3. The molecule has 0 saturated heterocycles. The maximum Gasteiger partial charge on any atom is 0.123 e. The Morgan fingerprint density at radius 1 is 0.800 bits per heavy atom. The van der Waals surface area contributed by atoms with E-state index in [-0.39, 0.29) is 5.82 Å². The summed E-state index contributed by atoms with van der Waals surface area (Å²) in [5, 5.41) is 0. The van der Waals surface area contributed by atoms with Gasteiger partial charge in [0.2, 0.25) is 0 Å². The van der Waals surface area contributed by atoms with E-state index in [9.17, 15) is 4.39 Å². The fraction of sp³-hybridized carbons (Fsp3) is 0.0476. The monoisotopic (exact) mass is 329 g/mol. The van der Waals surface area contributed by atoms with Crippen molar-refractivity contribution in [2.24, 2.45) is 0 Å². The van der Waals surface area contributed by atoms with Crippen LogP contribution in [0.25, 0.3) is 22.3 Å². The zero-order chi connectivity index (χ0) is 17.1. The average molecular weight is 329 g/mol. The summed E-state index contributed by atoms with van der Waals surface area (Å²) in [4.78, 5) is 8.66. The van der Waals surface area contributed by atoms with Gasteiger partial charge in [0.1, 0.15) is 5.82 Å². The number of nitrogens with zero attached hydrogens (tertiary/aromatic N) is 3. The number of benzene rings is 2. The van der Waals surface area contributed by atoms with E-state index in [2.05, 4.69) is 28.2 Å². The quantitative estimate of drug-likeness (QED) is 0.538. The van der Waals surface area contributed by atoms with Gasteiger partial charge in [-0.2, -0.15) is 0 Å². The van der Waals surface area contributed by atoms with E-state index in [4.69, 9.17) is 0 Å². The molecule has 2 aromatic carbocycles. The molecule has 0 aliphatic rings. The van der Waals surface area contributed by atoms with Gasteiger partial charge < -0.3 is 4.57 Å². The first-order valence-electron chi connectivity index (χ1n) is 8.06. The second kappa shape index (κ2) is 6.69. The first-order valence-corrected chi connectivity index (χ1v) is 8.06. The summed E-state index contributed by atoms with van der Waals surface area (Å²) in [6.07, 6.45) is 7.26. The van der Waals surface area contributed by atoms with Crippen LogP contribution in [-0.4, -0.2) is 14.5 Å². The molecule has 0 aliphatic carbocycles. The Labute approximate surface area is 145 Å². The molecule has 4 rings (SSSR count). The number of imidazole rings is 1. The van der Waals surface area contributed by atoms with E-state index in [0.29, 0.717) is 6.54 Å². The highest BCUT2D eigenvalue weighted by molar-refractivity contribution is 5.84. The molecular formula is C21H16FN3. The molecule has 0 saturated carbocycles. The largest absolute Gasteiger partial charge is 0.331 e. The third kappa shape index (κ3) is 3.19. The zero-order valence-corrected chi connectivity index (χ0v) is 13.5. The fourth-order valence-corrected chi connectivity index (χ4v) is 2.96. The molecule has 0 aliphatic heterocycles. The Balaban J connectivity index is 1.82. The lowest BCUT2D eigenvalue weighted by Crippen LogP contribution is -2.02. The summed E-state index contributed by atoms with van der Waals surface area (Å²) in [7, 11) is 0. The summed E-state index contributed by atoms with van der Waals surface area (Å²) in [5.41, 5.74) is 5.15. The normalized spacial score (nSPS) is 10.8. The molecule has 0 fully saturated rings. The van der Waals surface area contributed by atoms with Crippen LogP contribution in [0.1, 0.15) is 5.69 Å². The van der Waals surface area contributed by atoms with Gasteiger partial charge >= 0.3 is 0 Å². The number of hydrogen-bond donors (Lipinski definition) is 0. The van der Waals surface area contributed by atoms with Gasteiger partial charge in [-0.1, -0.05) is 42.5 Å². The molecule has 3 nitrogen and oxygen atoms in total. The minimum Gasteiger partial charge on any atom is -0.331 e. The van der Waals surface area contributed by atoms with Crippen molar-refractivity contribution in [3.63, 3.8) is 0 Å². The van der Waals surface area contributed by atoms with Gasteiger partial charge in [0.05, 0.1) is 18.6 Å². The molecule has 4 heteroatoms. The molecule has 0 amide bonds. The number of halogens is 1. The van der Waals surface area contributed by atoms with Crippen molar-refractivity contribution in [3.05, 3.63) is 97.1 Å². The Morgan fingerprint density at radius 2 is 1.56 bits per heavy atom. The van der Waals surface area contributed by atoms with Crippen molar-refractivity contribution in [1.29, 1.82) is 0 Å². The van der Waals surface area contributed by atoms with Crippen LogP contribution >= 0.6 is 0 Å². The molecular weight excluding hydrogens is 313 g/mol. The van der Waals surface area contributed by atoms with Gasteiger partial charge in [0.15, 0.2) is 0 Å². The molecule has 0 atom stereocenters. The molecule has 25 heavy (non-hydrogen) atoms. The lowest BCUT2D eigenvalue weighted by molar-refractivity contribution is 0.628. The number of rotatable bonds is 4. The van der Waals surface area contributed by atoms with Crippen LogP contribution < -0.4 is 0 Å². The number of aromatic nitrogens is 3. The van der Waals surface area contributed by atoms with Gasteiger partial charge in [-0.05, 0) is 34.9 Å². The first kappa shape index (κ1) is 15.3. The smallest absolute Gasteiger partial charge is 0.123 e. The number of pyridine rings is 1. The third-order valence-electron chi connectivity index (χ3n) is 4.15. The summed E-state index contributed by atoms with van der Waals surface area (Å²) in [6, 6.07) is 18.7. The Hall–Kier alpha value is -3.27. The topological polar surface area (TPSA) is 30.7 Å². The summed E-state index contributed by atoms with van der Waals surface area (Å²) in [6.45, 7) is 0.647. The van der Waals surface area contributed by atoms with Gasteiger partial charge in [-0.3, -0.25) is 4.98 Å². The molecule has 2 heterocycles. The Morgan fingerprint density at radius 3 is 2.32 bits per heavy atom. The van der Waals surface area contributed by atoms with Gasteiger partial charge in [-0.15, -0.1) is 0 Å². The molecule has 122 valence electrons. The van der Waals surface area contributed by atoms with Crippen molar-refractivity contribution in [2.45, 2.75) is 6.54 Å². The predicted octanol–water partition coefficient (Wildman–Crippen LogP) is 4.80. The average Bonchev–Trinajstić information content (AvgIpc) is 3.16. The van der Waals surface area contributed by atoms with E-state index in [1.807, 2.05) is 29.0 Å². The summed E-state index contributed by atoms with van der Waals surface area (Å²) >= 11 is 0. The van der Waals surface area contributed by atoms with Crippen LogP contribution in [0.5, 0.6) is 0 Å². The SMILES string of the molecule is Fc1ccc(-c2ccccc2-c2cccnc2Cn2ccnc2)cc1. The second-order valence-corrected chi connectivity index (χ2v) is 5.79. The van der Waals surface area contributed by atoms with E-state index in [1.165, 1.54) is 12.1 Å². The van der Waals surface area contributed by atoms with Crippen molar-refractivity contribution in [1.82, 2.24) is 14.5 Å². The highest BCUT2D eigenvalue weighted by Crippen LogP contribution is 2.33. The van der Waals surface area contributed by atoms with E-state index in [1.54, 1.807) is 30.9 Å². The highest BCUT2D eigenvalue weighted by Gasteiger charge is 2.12.